The van der Waals surface area contributed by atoms with Crippen molar-refractivity contribution in [1.29, 1.82) is 0 Å². The minimum atomic E-state index is -1.76. The highest BCUT2D eigenvalue weighted by molar-refractivity contribution is 6.74. The normalized spacial score (nSPS) is 20.8. The fraction of sp³-hybridized carbons (Fsp3) is 0.812. The van der Waals surface area contributed by atoms with Crippen molar-refractivity contribution in [2.24, 2.45) is 11.8 Å². The maximum atomic E-state index is 11.9. The number of hydrazine groups is 1. The van der Waals surface area contributed by atoms with Crippen LogP contribution >= 0.6 is 0 Å². The van der Waals surface area contributed by atoms with Gasteiger partial charge in [0.15, 0.2) is 8.32 Å². The SMILES string of the molecule is CCOC(=O)C(=O)NNC(=O)C1CC(CO[Si](C)(C)C(C)(C)C)C1. The van der Waals surface area contributed by atoms with Crippen LogP contribution in [0.1, 0.15) is 40.5 Å². The molecule has 1 aliphatic rings. The molecule has 1 aliphatic carbocycles. The summed E-state index contributed by atoms with van der Waals surface area (Å²) in [5.74, 6) is -2.04. The quantitative estimate of drug-likeness (QED) is 0.338. The Kier molecular flexibility index (Phi) is 6.97. The second-order valence-corrected chi connectivity index (χ2v) is 12.6. The Hall–Kier alpha value is -1.41. The van der Waals surface area contributed by atoms with E-state index in [0.717, 1.165) is 12.8 Å². The molecule has 0 aromatic rings. The molecule has 0 saturated heterocycles. The minimum Gasteiger partial charge on any atom is -0.459 e. The second kappa shape index (κ2) is 8.11. The lowest BCUT2D eigenvalue weighted by Crippen LogP contribution is -2.50. The average Bonchev–Trinajstić information content (AvgIpc) is 2.41. The van der Waals surface area contributed by atoms with Gasteiger partial charge < -0.3 is 9.16 Å². The molecule has 1 fully saturated rings. The number of carbonyl (C=O) groups is 3. The Morgan fingerprint density at radius 1 is 1.12 bits per heavy atom. The Labute approximate surface area is 144 Å². The van der Waals surface area contributed by atoms with Crippen molar-refractivity contribution in [3.8, 4) is 0 Å². The number of amides is 2. The predicted octanol–water partition coefficient (Wildman–Crippen LogP) is 1.74. The van der Waals surface area contributed by atoms with Gasteiger partial charge in [0.05, 0.1) is 6.61 Å². The maximum absolute atomic E-state index is 11.9. The van der Waals surface area contributed by atoms with E-state index in [1.165, 1.54) is 0 Å². The van der Waals surface area contributed by atoms with Gasteiger partial charge in [0.25, 0.3) is 0 Å². The van der Waals surface area contributed by atoms with Crippen LogP contribution in [0.3, 0.4) is 0 Å². The van der Waals surface area contributed by atoms with E-state index in [1.807, 2.05) is 0 Å². The second-order valence-electron chi connectivity index (χ2n) is 7.77. The van der Waals surface area contributed by atoms with Gasteiger partial charge in [0, 0.05) is 12.5 Å². The van der Waals surface area contributed by atoms with Gasteiger partial charge >= 0.3 is 11.9 Å². The van der Waals surface area contributed by atoms with E-state index in [1.54, 1.807) is 6.92 Å². The van der Waals surface area contributed by atoms with Crippen molar-refractivity contribution >= 4 is 26.1 Å². The smallest absolute Gasteiger partial charge is 0.398 e. The van der Waals surface area contributed by atoms with Crippen LogP contribution < -0.4 is 10.9 Å². The van der Waals surface area contributed by atoms with Crippen LogP contribution in [0.2, 0.25) is 18.1 Å². The molecule has 24 heavy (non-hydrogen) atoms. The van der Waals surface area contributed by atoms with Crippen molar-refractivity contribution in [3.05, 3.63) is 0 Å². The molecule has 7 nitrogen and oxygen atoms in total. The molecule has 0 unspecified atom stereocenters. The predicted molar refractivity (Wildman–Crippen MR) is 92.3 cm³/mol. The van der Waals surface area contributed by atoms with Crippen molar-refractivity contribution in [2.75, 3.05) is 13.2 Å². The standard InChI is InChI=1S/C16H30N2O5Si/c1-7-22-15(21)14(20)18-17-13(19)12-8-11(9-12)10-23-24(5,6)16(2,3)4/h11-12H,7-10H2,1-6H3,(H,17,19)(H,18,20). The first-order valence-electron chi connectivity index (χ1n) is 8.38. The summed E-state index contributed by atoms with van der Waals surface area (Å²) in [6.45, 7) is 13.4. The molecule has 0 spiro atoms. The zero-order valence-corrected chi connectivity index (χ0v) is 16.5. The van der Waals surface area contributed by atoms with Crippen LogP contribution in [-0.2, 0) is 23.5 Å². The monoisotopic (exact) mass is 358 g/mol. The van der Waals surface area contributed by atoms with Crippen LogP contribution in [0, 0.1) is 11.8 Å². The van der Waals surface area contributed by atoms with Gasteiger partial charge in [-0.15, -0.1) is 0 Å². The highest BCUT2D eigenvalue weighted by Gasteiger charge is 2.40. The number of nitrogens with one attached hydrogen (secondary N) is 2. The number of hydrogen-bond acceptors (Lipinski definition) is 5. The molecule has 0 heterocycles. The molecule has 1 rings (SSSR count). The molecule has 0 atom stereocenters. The zero-order chi connectivity index (χ0) is 18.5. The van der Waals surface area contributed by atoms with Crippen molar-refractivity contribution in [1.82, 2.24) is 10.9 Å². The molecule has 2 N–H and O–H groups in total. The molecule has 0 aliphatic heterocycles. The number of carbonyl (C=O) groups excluding carboxylic acids is 3. The lowest BCUT2D eigenvalue weighted by molar-refractivity contribution is -0.155. The van der Waals surface area contributed by atoms with Crippen LogP contribution in [0.5, 0.6) is 0 Å². The van der Waals surface area contributed by atoms with Gasteiger partial charge in [-0.05, 0) is 43.8 Å². The van der Waals surface area contributed by atoms with Crippen molar-refractivity contribution in [3.63, 3.8) is 0 Å². The lowest BCUT2D eigenvalue weighted by atomic mass is 9.75. The molecule has 8 heteroatoms. The molecule has 0 aromatic heterocycles. The molecule has 0 radical (unpaired) electrons. The first-order valence-corrected chi connectivity index (χ1v) is 11.3. The van der Waals surface area contributed by atoms with E-state index in [4.69, 9.17) is 4.43 Å². The van der Waals surface area contributed by atoms with E-state index in [2.05, 4.69) is 49.5 Å². The van der Waals surface area contributed by atoms with E-state index in [-0.39, 0.29) is 23.5 Å². The largest absolute Gasteiger partial charge is 0.459 e. The number of hydrogen-bond donors (Lipinski definition) is 2. The highest BCUT2D eigenvalue weighted by atomic mass is 28.4. The van der Waals surface area contributed by atoms with Gasteiger partial charge in [-0.3, -0.25) is 20.4 Å². The fourth-order valence-corrected chi connectivity index (χ4v) is 3.18. The van der Waals surface area contributed by atoms with Crippen LogP contribution in [0.15, 0.2) is 0 Å². The van der Waals surface area contributed by atoms with Gasteiger partial charge in [0.2, 0.25) is 5.91 Å². The molecule has 2 amide bonds. The minimum absolute atomic E-state index is 0.110. The molecular weight excluding hydrogens is 328 g/mol. The van der Waals surface area contributed by atoms with Crippen LogP contribution in [0.25, 0.3) is 0 Å². The van der Waals surface area contributed by atoms with E-state index >= 15 is 0 Å². The van der Waals surface area contributed by atoms with E-state index in [9.17, 15) is 14.4 Å². The van der Waals surface area contributed by atoms with Crippen molar-refractivity contribution in [2.45, 2.75) is 58.7 Å². The summed E-state index contributed by atoms with van der Waals surface area (Å²) in [5.41, 5.74) is 4.34. The van der Waals surface area contributed by atoms with Gasteiger partial charge in [0.1, 0.15) is 0 Å². The summed E-state index contributed by atoms with van der Waals surface area (Å²) in [5, 5.41) is 0.172. The van der Waals surface area contributed by atoms with E-state index < -0.39 is 20.2 Å². The lowest BCUT2D eigenvalue weighted by Gasteiger charge is -2.40. The Balaban J connectivity index is 2.26. The van der Waals surface area contributed by atoms with Crippen LogP contribution in [-0.4, -0.2) is 39.3 Å². The summed E-state index contributed by atoms with van der Waals surface area (Å²) in [4.78, 5) is 34.4. The highest BCUT2D eigenvalue weighted by Crippen LogP contribution is 2.39. The molecule has 0 aromatic carbocycles. The first-order chi connectivity index (χ1) is 11.0. The Morgan fingerprint density at radius 2 is 1.71 bits per heavy atom. The number of rotatable bonds is 5. The molecular formula is C16H30N2O5Si. The summed E-state index contributed by atoms with van der Waals surface area (Å²) in [6.07, 6.45) is 1.46. The van der Waals surface area contributed by atoms with E-state index in [0.29, 0.717) is 12.5 Å². The number of esters is 1. The molecule has 0 bridgehead atoms. The van der Waals surface area contributed by atoms with Gasteiger partial charge in [-0.1, -0.05) is 20.8 Å². The Morgan fingerprint density at radius 3 is 2.21 bits per heavy atom. The average molecular weight is 359 g/mol. The zero-order valence-electron chi connectivity index (χ0n) is 15.5. The molecule has 1 saturated carbocycles. The Bertz CT molecular complexity index is 481. The third-order valence-electron chi connectivity index (χ3n) is 4.85. The maximum Gasteiger partial charge on any atom is 0.398 e. The third-order valence-corrected chi connectivity index (χ3v) is 9.35. The fourth-order valence-electron chi connectivity index (χ4n) is 2.10. The van der Waals surface area contributed by atoms with Crippen LogP contribution in [0.4, 0.5) is 0 Å². The van der Waals surface area contributed by atoms with Gasteiger partial charge in [-0.25, -0.2) is 4.79 Å². The molecule has 138 valence electrons. The third kappa shape index (κ3) is 5.59. The summed E-state index contributed by atoms with van der Waals surface area (Å²) < 4.78 is 10.7. The topological polar surface area (TPSA) is 93.7 Å². The first kappa shape index (κ1) is 20.6. The number of ether oxygens (including phenoxy) is 1. The summed E-state index contributed by atoms with van der Waals surface area (Å²) in [7, 11) is -1.76. The van der Waals surface area contributed by atoms with Gasteiger partial charge in [-0.2, -0.15) is 0 Å². The summed E-state index contributed by atoms with van der Waals surface area (Å²) >= 11 is 0. The summed E-state index contributed by atoms with van der Waals surface area (Å²) in [6, 6.07) is 0. The van der Waals surface area contributed by atoms with Crippen molar-refractivity contribution < 1.29 is 23.5 Å².